The summed E-state index contributed by atoms with van der Waals surface area (Å²) in [5, 5.41) is 8.97. The minimum Gasteiger partial charge on any atom is -0.306 e. The van der Waals surface area contributed by atoms with Gasteiger partial charge in [-0.25, -0.2) is 4.39 Å². The molecule has 0 saturated carbocycles. The van der Waals surface area contributed by atoms with E-state index >= 15 is 0 Å². The summed E-state index contributed by atoms with van der Waals surface area (Å²) in [4.78, 5) is 1.23. The van der Waals surface area contributed by atoms with Crippen LogP contribution in [0.15, 0.2) is 39.5 Å². The second-order valence-electron chi connectivity index (χ2n) is 4.89. The summed E-state index contributed by atoms with van der Waals surface area (Å²) >= 11 is 6.97. The monoisotopic (exact) mass is 383 g/mol. The Labute approximate surface area is 139 Å². The van der Waals surface area contributed by atoms with E-state index in [1.165, 1.54) is 16.5 Å². The molecule has 3 aromatic rings. The van der Waals surface area contributed by atoms with Crippen molar-refractivity contribution in [3.05, 3.63) is 55.8 Å². The maximum Gasteiger partial charge on any atom is 0.124 e. The van der Waals surface area contributed by atoms with Crippen LogP contribution in [0, 0.1) is 5.82 Å². The van der Waals surface area contributed by atoms with Crippen LogP contribution in [0.4, 0.5) is 4.39 Å². The lowest BCUT2D eigenvalue weighted by atomic mass is 10.1. The highest BCUT2D eigenvalue weighted by Gasteiger charge is 2.19. The van der Waals surface area contributed by atoms with Crippen molar-refractivity contribution in [3.63, 3.8) is 0 Å². The van der Waals surface area contributed by atoms with Crippen LogP contribution in [0.1, 0.15) is 29.8 Å². The smallest absolute Gasteiger partial charge is 0.124 e. The van der Waals surface area contributed by atoms with Crippen LogP contribution >= 0.6 is 38.6 Å². The highest BCUT2D eigenvalue weighted by atomic mass is 79.9. The Balaban J connectivity index is 2.03. The van der Waals surface area contributed by atoms with E-state index in [9.17, 15) is 4.39 Å². The third-order valence-electron chi connectivity index (χ3n) is 3.34. The van der Waals surface area contributed by atoms with Gasteiger partial charge in [-0.05, 0) is 63.4 Å². The molecule has 0 spiro atoms. The Morgan fingerprint density at radius 2 is 2.14 bits per heavy atom. The van der Waals surface area contributed by atoms with Crippen molar-refractivity contribution >= 4 is 48.7 Å². The van der Waals surface area contributed by atoms with E-state index in [1.54, 1.807) is 28.7 Å². The lowest BCUT2D eigenvalue weighted by molar-refractivity contribution is 0.606. The molecule has 1 nitrogen and oxygen atoms in total. The predicted molar refractivity (Wildman–Crippen MR) is 93.9 cm³/mol. The van der Waals surface area contributed by atoms with Crippen molar-refractivity contribution in [2.24, 2.45) is 0 Å². The van der Waals surface area contributed by atoms with Crippen molar-refractivity contribution in [2.45, 2.75) is 19.4 Å². The van der Waals surface area contributed by atoms with Crippen molar-refractivity contribution in [2.75, 3.05) is 6.54 Å². The zero-order valence-electron chi connectivity index (χ0n) is 11.5. The molecule has 2 heterocycles. The summed E-state index contributed by atoms with van der Waals surface area (Å²) in [6.45, 7) is 3.11. The number of benzene rings is 1. The van der Waals surface area contributed by atoms with Crippen LogP contribution in [0.25, 0.3) is 10.1 Å². The first kappa shape index (κ1) is 15.2. The number of hydrogen-bond donors (Lipinski definition) is 1. The maximum absolute atomic E-state index is 13.4. The van der Waals surface area contributed by atoms with E-state index in [-0.39, 0.29) is 11.9 Å². The summed E-state index contributed by atoms with van der Waals surface area (Å²) in [6.07, 6.45) is 1.08. The fourth-order valence-corrected chi connectivity index (χ4v) is 5.05. The normalized spacial score (nSPS) is 12.9. The minimum atomic E-state index is -0.175. The molecule has 1 unspecified atom stereocenters. The Morgan fingerprint density at radius 1 is 1.29 bits per heavy atom. The largest absolute Gasteiger partial charge is 0.306 e. The van der Waals surface area contributed by atoms with Gasteiger partial charge in [0.25, 0.3) is 0 Å². The van der Waals surface area contributed by atoms with Crippen molar-refractivity contribution < 1.29 is 4.39 Å². The van der Waals surface area contributed by atoms with E-state index in [0.717, 1.165) is 27.5 Å². The van der Waals surface area contributed by atoms with Gasteiger partial charge in [0, 0.05) is 19.4 Å². The minimum absolute atomic E-state index is 0.158. The molecule has 1 N–H and O–H groups in total. The van der Waals surface area contributed by atoms with E-state index in [2.05, 4.69) is 45.0 Å². The number of thiophene rings is 2. The van der Waals surface area contributed by atoms with Crippen LogP contribution in [0.3, 0.4) is 0 Å². The Morgan fingerprint density at radius 3 is 2.86 bits per heavy atom. The second kappa shape index (κ2) is 6.57. The molecule has 1 aromatic carbocycles. The molecule has 0 saturated heterocycles. The van der Waals surface area contributed by atoms with E-state index in [4.69, 9.17) is 0 Å². The zero-order valence-corrected chi connectivity index (χ0v) is 14.7. The highest BCUT2D eigenvalue weighted by molar-refractivity contribution is 9.10. The van der Waals surface area contributed by atoms with Crippen LogP contribution in [-0.2, 0) is 0 Å². The first-order valence-electron chi connectivity index (χ1n) is 6.83. The molecule has 0 aliphatic heterocycles. The molecule has 5 heteroatoms. The fourth-order valence-electron chi connectivity index (χ4n) is 2.32. The molecule has 0 fully saturated rings. The number of halogens is 2. The third-order valence-corrected chi connectivity index (χ3v) is 6.25. The fraction of sp³-hybridized carbons (Fsp3) is 0.250. The molecular formula is C16H15BrFNS2. The third kappa shape index (κ3) is 3.21. The first-order chi connectivity index (χ1) is 10.2. The molecule has 0 radical (unpaired) electrons. The number of hydrogen-bond acceptors (Lipinski definition) is 3. The summed E-state index contributed by atoms with van der Waals surface area (Å²) in [5.74, 6) is -0.175. The number of rotatable bonds is 5. The molecule has 110 valence electrons. The lowest BCUT2D eigenvalue weighted by Crippen LogP contribution is -2.22. The van der Waals surface area contributed by atoms with Gasteiger partial charge >= 0.3 is 0 Å². The van der Waals surface area contributed by atoms with Gasteiger partial charge in [0.1, 0.15) is 5.82 Å². The quantitative estimate of drug-likeness (QED) is 0.573. The predicted octanol–water partition coefficient (Wildman–Crippen LogP) is 5.95. The van der Waals surface area contributed by atoms with Gasteiger partial charge < -0.3 is 5.32 Å². The van der Waals surface area contributed by atoms with E-state index in [0.29, 0.717) is 0 Å². The second-order valence-corrected chi connectivity index (χ2v) is 7.61. The molecular weight excluding hydrogens is 369 g/mol. The van der Waals surface area contributed by atoms with Crippen LogP contribution < -0.4 is 5.32 Å². The summed E-state index contributed by atoms with van der Waals surface area (Å²) in [5.41, 5.74) is 1.25. The molecule has 3 rings (SSSR count). The first-order valence-corrected chi connectivity index (χ1v) is 9.38. The summed E-state index contributed by atoms with van der Waals surface area (Å²) in [6, 6.07) is 7.31. The summed E-state index contributed by atoms with van der Waals surface area (Å²) < 4.78 is 15.5. The van der Waals surface area contributed by atoms with Crippen LogP contribution in [0.5, 0.6) is 0 Å². The van der Waals surface area contributed by atoms with Crippen molar-refractivity contribution in [3.8, 4) is 0 Å². The maximum atomic E-state index is 13.4. The zero-order chi connectivity index (χ0) is 14.8. The van der Waals surface area contributed by atoms with Gasteiger partial charge in [-0.2, -0.15) is 11.3 Å². The average Bonchev–Trinajstić information content (AvgIpc) is 3.06. The molecule has 0 aliphatic rings. The topological polar surface area (TPSA) is 12.0 Å². The van der Waals surface area contributed by atoms with Gasteiger partial charge in [-0.1, -0.05) is 13.0 Å². The molecule has 0 aliphatic carbocycles. The molecule has 0 bridgehead atoms. The van der Waals surface area contributed by atoms with Gasteiger partial charge in [-0.3, -0.25) is 0 Å². The SMILES string of the molecule is CCCNC(c1cc2ccc(F)cc2s1)c1cscc1Br. The Kier molecular flexibility index (Phi) is 4.74. The van der Waals surface area contributed by atoms with Crippen molar-refractivity contribution in [1.29, 1.82) is 0 Å². The van der Waals surface area contributed by atoms with Gasteiger partial charge in [0.15, 0.2) is 0 Å². The molecule has 1 atom stereocenters. The van der Waals surface area contributed by atoms with Crippen molar-refractivity contribution in [1.82, 2.24) is 5.32 Å². The number of nitrogens with one attached hydrogen (secondary N) is 1. The molecule has 2 aromatic heterocycles. The lowest BCUT2D eigenvalue weighted by Gasteiger charge is -2.16. The van der Waals surface area contributed by atoms with Gasteiger partial charge in [-0.15, -0.1) is 11.3 Å². The van der Waals surface area contributed by atoms with Crippen LogP contribution in [-0.4, -0.2) is 6.54 Å². The molecule has 0 amide bonds. The van der Waals surface area contributed by atoms with Crippen LogP contribution in [0.2, 0.25) is 0 Å². The molecule has 21 heavy (non-hydrogen) atoms. The van der Waals surface area contributed by atoms with E-state index < -0.39 is 0 Å². The number of fused-ring (bicyclic) bond motifs is 1. The highest BCUT2D eigenvalue weighted by Crippen LogP contribution is 2.37. The summed E-state index contributed by atoms with van der Waals surface area (Å²) in [7, 11) is 0. The van der Waals surface area contributed by atoms with Gasteiger partial charge in [0.2, 0.25) is 0 Å². The van der Waals surface area contributed by atoms with Gasteiger partial charge in [0.05, 0.1) is 6.04 Å². The van der Waals surface area contributed by atoms with E-state index in [1.807, 2.05) is 6.07 Å². The standard InChI is InChI=1S/C16H15BrFNS2/c1-2-5-19-16(12-8-20-9-13(12)17)15-6-10-3-4-11(18)7-14(10)21-15/h3-4,6-9,16,19H,2,5H2,1H3. The Hall–Kier alpha value is -0.750. The Bertz CT molecular complexity index is 750. The average molecular weight is 384 g/mol.